The van der Waals surface area contributed by atoms with Gasteiger partial charge >= 0.3 is 0 Å². The first-order valence-electron chi connectivity index (χ1n) is 9.08. The van der Waals surface area contributed by atoms with Crippen molar-refractivity contribution in [2.24, 2.45) is 5.92 Å². The zero-order chi connectivity index (χ0) is 18.7. The Bertz CT molecular complexity index is 802. The molecule has 0 aliphatic carbocycles. The second-order valence-corrected chi connectivity index (χ2v) is 7.30. The van der Waals surface area contributed by atoms with Crippen LogP contribution in [-0.2, 0) is 6.42 Å². The lowest BCUT2D eigenvalue weighted by Gasteiger charge is -2.40. The van der Waals surface area contributed by atoms with Gasteiger partial charge in [-0.1, -0.05) is 44.2 Å². The fraction of sp³-hybridized carbons (Fsp3) is 0.381. The molecule has 0 spiro atoms. The standard InChI is InChI=1S/C21H24N2O3/c1-15(2)14-22-18(13-21(24)16-6-4-3-5-7-16)9-8-17-12-19(23(25)26)10-11-20(17)22/h3-7,10-12,15,18H,8-9,13-14H2,1-2H3/t18-/m0/s1. The molecule has 0 N–H and O–H groups in total. The molecule has 1 aliphatic rings. The van der Waals surface area contributed by atoms with Gasteiger partial charge in [0, 0.05) is 42.4 Å². The van der Waals surface area contributed by atoms with Crippen molar-refractivity contribution in [3.05, 3.63) is 69.8 Å². The van der Waals surface area contributed by atoms with Gasteiger partial charge in [-0.05, 0) is 30.4 Å². The van der Waals surface area contributed by atoms with Crippen molar-refractivity contribution in [3.63, 3.8) is 0 Å². The number of nitrogens with zero attached hydrogens (tertiary/aromatic N) is 2. The number of benzene rings is 2. The Labute approximate surface area is 153 Å². The summed E-state index contributed by atoms with van der Waals surface area (Å²) in [6, 6.07) is 14.6. The molecule has 0 radical (unpaired) electrons. The van der Waals surface area contributed by atoms with Crippen molar-refractivity contribution < 1.29 is 9.72 Å². The topological polar surface area (TPSA) is 63.4 Å². The van der Waals surface area contributed by atoms with E-state index in [1.165, 1.54) is 0 Å². The number of carbonyl (C=O) groups is 1. The minimum atomic E-state index is -0.349. The first-order valence-corrected chi connectivity index (χ1v) is 9.08. The van der Waals surface area contributed by atoms with Crippen LogP contribution in [0.1, 0.15) is 42.6 Å². The largest absolute Gasteiger partial charge is 0.368 e. The van der Waals surface area contributed by atoms with Gasteiger partial charge in [0.1, 0.15) is 0 Å². The zero-order valence-corrected chi connectivity index (χ0v) is 15.2. The van der Waals surface area contributed by atoms with E-state index in [1.54, 1.807) is 12.1 Å². The number of hydrogen-bond donors (Lipinski definition) is 0. The van der Waals surface area contributed by atoms with E-state index in [0.29, 0.717) is 12.3 Å². The highest BCUT2D eigenvalue weighted by Gasteiger charge is 2.29. The maximum atomic E-state index is 12.7. The second-order valence-electron chi connectivity index (χ2n) is 7.30. The lowest BCUT2D eigenvalue weighted by atomic mass is 9.90. The predicted octanol–water partition coefficient (Wildman–Crippen LogP) is 4.65. The molecular formula is C21H24N2O3. The molecular weight excluding hydrogens is 328 g/mol. The number of anilines is 1. The second kappa shape index (κ2) is 7.68. The molecule has 1 atom stereocenters. The highest BCUT2D eigenvalue weighted by molar-refractivity contribution is 5.96. The van der Waals surface area contributed by atoms with Crippen molar-refractivity contribution in [2.45, 2.75) is 39.2 Å². The van der Waals surface area contributed by atoms with E-state index < -0.39 is 0 Å². The van der Waals surface area contributed by atoms with Crippen molar-refractivity contribution in [3.8, 4) is 0 Å². The summed E-state index contributed by atoms with van der Waals surface area (Å²) < 4.78 is 0. The molecule has 26 heavy (non-hydrogen) atoms. The van der Waals surface area contributed by atoms with E-state index in [-0.39, 0.29) is 22.4 Å². The number of nitro benzene ring substituents is 1. The molecule has 1 aliphatic heterocycles. The van der Waals surface area contributed by atoms with Gasteiger partial charge < -0.3 is 4.90 Å². The molecule has 0 aromatic heterocycles. The maximum Gasteiger partial charge on any atom is 0.269 e. The van der Waals surface area contributed by atoms with E-state index in [2.05, 4.69) is 18.7 Å². The molecule has 0 saturated heterocycles. The van der Waals surface area contributed by atoms with Crippen LogP contribution in [0.25, 0.3) is 0 Å². The van der Waals surface area contributed by atoms with Crippen LogP contribution in [-0.4, -0.2) is 23.3 Å². The Morgan fingerprint density at radius 3 is 2.62 bits per heavy atom. The van der Waals surface area contributed by atoms with Crippen molar-refractivity contribution in [1.29, 1.82) is 0 Å². The summed E-state index contributed by atoms with van der Waals surface area (Å²) in [5.74, 6) is 0.584. The third-order valence-electron chi connectivity index (χ3n) is 4.85. The highest BCUT2D eigenvalue weighted by atomic mass is 16.6. The smallest absolute Gasteiger partial charge is 0.269 e. The van der Waals surface area contributed by atoms with Crippen LogP contribution in [0.3, 0.4) is 0 Å². The Morgan fingerprint density at radius 2 is 1.96 bits per heavy atom. The number of aryl methyl sites for hydroxylation is 1. The maximum absolute atomic E-state index is 12.7. The summed E-state index contributed by atoms with van der Waals surface area (Å²) in [6.07, 6.45) is 2.06. The average Bonchev–Trinajstić information content (AvgIpc) is 2.63. The van der Waals surface area contributed by atoms with E-state index >= 15 is 0 Å². The monoisotopic (exact) mass is 352 g/mol. The van der Waals surface area contributed by atoms with Gasteiger partial charge in [0.25, 0.3) is 5.69 Å². The molecule has 136 valence electrons. The molecule has 0 unspecified atom stereocenters. The zero-order valence-electron chi connectivity index (χ0n) is 15.2. The first kappa shape index (κ1) is 18.1. The Balaban J connectivity index is 1.86. The van der Waals surface area contributed by atoms with Crippen LogP contribution >= 0.6 is 0 Å². The van der Waals surface area contributed by atoms with Crippen molar-refractivity contribution >= 4 is 17.2 Å². The number of hydrogen-bond acceptors (Lipinski definition) is 4. The van der Waals surface area contributed by atoms with E-state index in [4.69, 9.17) is 0 Å². The Morgan fingerprint density at radius 1 is 1.23 bits per heavy atom. The van der Waals surface area contributed by atoms with Crippen LogP contribution in [0.2, 0.25) is 0 Å². The van der Waals surface area contributed by atoms with Gasteiger partial charge in [0.15, 0.2) is 5.78 Å². The SMILES string of the molecule is CC(C)CN1c2ccc([N+](=O)[O-])cc2CC[C@H]1CC(=O)c1ccccc1. The normalized spacial score (nSPS) is 16.4. The van der Waals surface area contributed by atoms with Gasteiger partial charge in [-0.3, -0.25) is 14.9 Å². The molecule has 1 heterocycles. The first-order chi connectivity index (χ1) is 12.5. The van der Waals surface area contributed by atoms with Crippen LogP contribution in [0.15, 0.2) is 48.5 Å². The molecule has 0 fully saturated rings. The van der Waals surface area contributed by atoms with Crippen LogP contribution in [0, 0.1) is 16.0 Å². The minimum Gasteiger partial charge on any atom is -0.368 e. The highest BCUT2D eigenvalue weighted by Crippen LogP contribution is 2.35. The fourth-order valence-electron chi connectivity index (χ4n) is 3.65. The van der Waals surface area contributed by atoms with Crippen LogP contribution in [0.5, 0.6) is 0 Å². The summed E-state index contributed by atoms with van der Waals surface area (Å²) in [4.78, 5) is 25.7. The molecule has 0 bridgehead atoms. The van der Waals surface area contributed by atoms with E-state index in [9.17, 15) is 14.9 Å². The summed E-state index contributed by atoms with van der Waals surface area (Å²) in [7, 11) is 0. The average molecular weight is 352 g/mol. The number of rotatable bonds is 6. The summed E-state index contributed by atoms with van der Waals surface area (Å²) in [6.45, 7) is 5.13. The third kappa shape index (κ3) is 3.93. The number of Topliss-reactive ketones (excluding diaryl/α,β-unsaturated/α-hetero) is 1. The third-order valence-corrected chi connectivity index (χ3v) is 4.85. The Kier molecular flexibility index (Phi) is 5.35. The molecule has 5 heteroatoms. The fourth-order valence-corrected chi connectivity index (χ4v) is 3.65. The van der Waals surface area contributed by atoms with Gasteiger partial charge in [-0.15, -0.1) is 0 Å². The molecule has 0 saturated carbocycles. The van der Waals surface area contributed by atoms with Crippen LogP contribution in [0.4, 0.5) is 11.4 Å². The molecule has 3 rings (SSSR count). The number of nitro groups is 1. The van der Waals surface area contributed by atoms with Gasteiger partial charge in [-0.2, -0.15) is 0 Å². The predicted molar refractivity (Wildman–Crippen MR) is 103 cm³/mol. The lowest BCUT2D eigenvalue weighted by Crippen LogP contribution is -2.42. The van der Waals surface area contributed by atoms with Crippen molar-refractivity contribution in [2.75, 3.05) is 11.4 Å². The summed E-state index contributed by atoms with van der Waals surface area (Å²) in [5.41, 5.74) is 2.91. The number of non-ortho nitro benzene ring substituents is 1. The van der Waals surface area contributed by atoms with Gasteiger partial charge in [-0.25, -0.2) is 0 Å². The summed E-state index contributed by atoms with van der Waals surface area (Å²) >= 11 is 0. The van der Waals surface area contributed by atoms with Gasteiger partial charge in [0.05, 0.1) is 4.92 Å². The van der Waals surface area contributed by atoms with Crippen molar-refractivity contribution in [1.82, 2.24) is 0 Å². The molecule has 2 aromatic rings. The van der Waals surface area contributed by atoms with Gasteiger partial charge in [0.2, 0.25) is 0 Å². The Hall–Kier alpha value is -2.69. The molecule has 0 amide bonds. The number of carbonyl (C=O) groups excluding carboxylic acids is 1. The quantitative estimate of drug-likeness (QED) is 0.431. The lowest BCUT2D eigenvalue weighted by molar-refractivity contribution is -0.384. The van der Waals surface area contributed by atoms with E-state index in [1.807, 2.05) is 36.4 Å². The minimum absolute atomic E-state index is 0.124. The number of ketones is 1. The molecule has 2 aromatic carbocycles. The van der Waals surface area contributed by atoms with Crippen LogP contribution < -0.4 is 4.90 Å². The summed E-state index contributed by atoms with van der Waals surface area (Å²) in [5, 5.41) is 11.1. The molecule has 5 nitrogen and oxygen atoms in total. The van der Waals surface area contributed by atoms with E-state index in [0.717, 1.165) is 36.2 Å². The number of fused-ring (bicyclic) bond motifs is 1.